The zero-order valence-corrected chi connectivity index (χ0v) is 9.76. The van der Waals surface area contributed by atoms with E-state index in [2.05, 4.69) is 0 Å². The van der Waals surface area contributed by atoms with Crippen LogP contribution in [0.2, 0.25) is 0 Å². The molecular formula is C11H20NO2-. The summed E-state index contributed by atoms with van der Waals surface area (Å²) in [7, 11) is 0. The lowest BCUT2D eigenvalue weighted by Gasteiger charge is -2.47. The van der Waals surface area contributed by atoms with Crippen molar-refractivity contribution in [1.29, 1.82) is 0 Å². The van der Waals surface area contributed by atoms with E-state index in [4.69, 9.17) is 4.74 Å². The SMILES string of the molecule is CCOCC1=CC(C)(C)N([O-])C1(C)C. The second kappa shape index (κ2) is 3.65. The monoisotopic (exact) mass is 198 g/mol. The first-order valence-electron chi connectivity index (χ1n) is 5.10. The zero-order valence-electron chi connectivity index (χ0n) is 9.76. The van der Waals surface area contributed by atoms with E-state index in [9.17, 15) is 5.21 Å². The third-order valence-electron chi connectivity index (χ3n) is 2.81. The molecule has 1 aliphatic rings. The summed E-state index contributed by atoms with van der Waals surface area (Å²) in [5.41, 5.74) is 0.244. The summed E-state index contributed by atoms with van der Waals surface area (Å²) in [6.07, 6.45) is 2.02. The van der Waals surface area contributed by atoms with Crippen molar-refractivity contribution in [3.05, 3.63) is 16.9 Å². The van der Waals surface area contributed by atoms with E-state index in [1.54, 1.807) is 0 Å². The largest absolute Gasteiger partial charge is 0.784 e. The van der Waals surface area contributed by atoms with Crippen LogP contribution in [0.5, 0.6) is 0 Å². The van der Waals surface area contributed by atoms with Gasteiger partial charge in [-0.3, -0.25) is 0 Å². The van der Waals surface area contributed by atoms with Crippen LogP contribution in [0.15, 0.2) is 11.6 Å². The van der Waals surface area contributed by atoms with Gasteiger partial charge in [0.1, 0.15) is 0 Å². The molecule has 0 fully saturated rings. The Kier molecular flexibility index (Phi) is 3.04. The molecule has 0 aliphatic carbocycles. The maximum atomic E-state index is 11.9. The van der Waals surface area contributed by atoms with Crippen molar-refractivity contribution in [3.63, 3.8) is 0 Å². The highest BCUT2D eigenvalue weighted by Crippen LogP contribution is 2.38. The lowest BCUT2D eigenvalue weighted by atomic mass is 9.97. The van der Waals surface area contributed by atoms with Crippen molar-refractivity contribution in [2.45, 2.75) is 45.7 Å². The van der Waals surface area contributed by atoms with Crippen LogP contribution in [0.4, 0.5) is 0 Å². The van der Waals surface area contributed by atoms with Crippen molar-refractivity contribution < 1.29 is 4.74 Å². The summed E-state index contributed by atoms with van der Waals surface area (Å²) in [5.74, 6) is 0. The highest BCUT2D eigenvalue weighted by molar-refractivity contribution is 5.31. The van der Waals surface area contributed by atoms with Crippen LogP contribution < -0.4 is 0 Å². The van der Waals surface area contributed by atoms with E-state index in [0.717, 1.165) is 10.6 Å². The third kappa shape index (κ3) is 1.85. The molecule has 0 aromatic heterocycles. The Labute approximate surface area is 86.3 Å². The predicted molar refractivity (Wildman–Crippen MR) is 57.9 cm³/mol. The van der Waals surface area contributed by atoms with Crippen LogP contribution in [0.25, 0.3) is 0 Å². The number of hydrogen-bond acceptors (Lipinski definition) is 3. The van der Waals surface area contributed by atoms with Gasteiger partial charge in [0.25, 0.3) is 0 Å². The van der Waals surface area contributed by atoms with Gasteiger partial charge in [-0.25, -0.2) is 0 Å². The summed E-state index contributed by atoms with van der Waals surface area (Å²) in [6, 6.07) is 0. The molecule has 14 heavy (non-hydrogen) atoms. The second-order valence-electron chi connectivity index (χ2n) is 4.81. The molecule has 0 saturated heterocycles. The van der Waals surface area contributed by atoms with Gasteiger partial charge in [-0.15, -0.1) is 0 Å². The van der Waals surface area contributed by atoms with Gasteiger partial charge in [0.15, 0.2) is 0 Å². The molecule has 0 N–H and O–H groups in total. The Bertz CT molecular complexity index is 244. The van der Waals surface area contributed by atoms with Gasteiger partial charge in [0.05, 0.1) is 6.61 Å². The number of hydrogen-bond donors (Lipinski definition) is 0. The van der Waals surface area contributed by atoms with Crippen LogP contribution >= 0.6 is 0 Å². The van der Waals surface area contributed by atoms with Crippen LogP contribution in [-0.4, -0.2) is 29.4 Å². The molecular weight excluding hydrogens is 178 g/mol. The second-order valence-corrected chi connectivity index (χ2v) is 4.81. The standard InChI is InChI=1S/C11H20NO2/c1-6-14-8-9-7-10(2,3)12(13)11(9,4)5/h7H,6,8H2,1-5H3/q-1. The first kappa shape index (κ1) is 11.7. The molecule has 0 saturated carbocycles. The lowest BCUT2D eigenvalue weighted by Crippen LogP contribution is -2.46. The summed E-state index contributed by atoms with van der Waals surface area (Å²) >= 11 is 0. The molecule has 0 radical (unpaired) electrons. The van der Waals surface area contributed by atoms with Crippen molar-refractivity contribution in [3.8, 4) is 0 Å². The number of hydroxylamine groups is 2. The fourth-order valence-corrected chi connectivity index (χ4v) is 1.94. The quantitative estimate of drug-likeness (QED) is 0.653. The van der Waals surface area contributed by atoms with Crippen LogP contribution in [-0.2, 0) is 4.74 Å². The third-order valence-corrected chi connectivity index (χ3v) is 2.81. The van der Waals surface area contributed by atoms with Crippen molar-refractivity contribution >= 4 is 0 Å². The minimum absolute atomic E-state index is 0.407. The highest BCUT2D eigenvalue weighted by atomic mass is 16.5. The van der Waals surface area contributed by atoms with E-state index in [1.807, 2.05) is 40.7 Å². The van der Waals surface area contributed by atoms with Gasteiger partial charge >= 0.3 is 0 Å². The predicted octanol–water partition coefficient (Wildman–Crippen LogP) is 2.32. The highest BCUT2D eigenvalue weighted by Gasteiger charge is 2.39. The first-order valence-corrected chi connectivity index (χ1v) is 5.10. The van der Waals surface area contributed by atoms with Gasteiger partial charge in [0, 0.05) is 17.7 Å². The molecule has 3 nitrogen and oxygen atoms in total. The molecule has 0 unspecified atom stereocenters. The van der Waals surface area contributed by atoms with Crippen LogP contribution in [0, 0.1) is 5.21 Å². The van der Waals surface area contributed by atoms with Gasteiger partial charge in [-0.05, 0) is 40.2 Å². The lowest BCUT2D eigenvalue weighted by molar-refractivity contribution is 0.126. The summed E-state index contributed by atoms with van der Waals surface area (Å²) in [6.45, 7) is 11.0. The topological polar surface area (TPSA) is 35.5 Å². The summed E-state index contributed by atoms with van der Waals surface area (Å²) in [5, 5.41) is 13.1. The molecule has 1 rings (SSSR count). The van der Waals surface area contributed by atoms with E-state index in [1.165, 1.54) is 0 Å². The minimum Gasteiger partial charge on any atom is -0.784 e. The molecule has 0 atom stereocenters. The van der Waals surface area contributed by atoms with Gasteiger partial charge in [0.2, 0.25) is 0 Å². The van der Waals surface area contributed by atoms with Crippen LogP contribution in [0.3, 0.4) is 0 Å². The molecule has 3 heteroatoms. The zero-order chi connectivity index (χ0) is 11.0. The van der Waals surface area contributed by atoms with Gasteiger partial charge < -0.3 is 15.0 Å². The molecule has 0 aromatic rings. The van der Waals surface area contributed by atoms with Crippen LogP contribution in [0.1, 0.15) is 34.6 Å². The fourth-order valence-electron chi connectivity index (χ4n) is 1.94. The van der Waals surface area contributed by atoms with E-state index < -0.39 is 11.1 Å². The Morgan fingerprint density at radius 2 is 1.93 bits per heavy atom. The Morgan fingerprint density at radius 1 is 1.36 bits per heavy atom. The maximum Gasteiger partial charge on any atom is 0.0694 e. The molecule has 0 spiro atoms. The number of nitrogens with zero attached hydrogens (tertiary/aromatic N) is 1. The van der Waals surface area contributed by atoms with Crippen molar-refractivity contribution in [2.24, 2.45) is 0 Å². The first-order chi connectivity index (χ1) is 6.32. The number of ether oxygens (including phenoxy) is 1. The van der Waals surface area contributed by atoms with E-state index in [-0.39, 0.29) is 0 Å². The molecule has 0 bridgehead atoms. The van der Waals surface area contributed by atoms with E-state index in [0.29, 0.717) is 13.2 Å². The fraction of sp³-hybridized carbons (Fsp3) is 0.818. The van der Waals surface area contributed by atoms with E-state index >= 15 is 0 Å². The Morgan fingerprint density at radius 3 is 2.29 bits per heavy atom. The summed E-state index contributed by atoms with van der Waals surface area (Å²) < 4.78 is 5.36. The average molecular weight is 198 g/mol. The number of rotatable bonds is 3. The Hall–Kier alpha value is -0.380. The molecule has 1 aliphatic heterocycles. The minimum atomic E-state index is -0.432. The normalized spacial score (nSPS) is 25.1. The molecule has 0 amide bonds. The maximum absolute atomic E-state index is 11.9. The average Bonchev–Trinajstić information content (AvgIpc) is 2.23. The van der Waals surface area contributed by atoms with Crippen molar-refractivity contribution in [2.75, 3.05) is 13.2 Å². The van der Waals surface area contributed by atoms with Gasteiger partial charge in [-0.2, -0.15) is 0 Å². The molecule has 0 aromatic carbocycles. The Balaban J connectivity index is 2.83. The smallest absolute Gasteiger partial charge is 0.0694 e. The van der Waals surface area contributed by atoms with Gasteiger partial charge in [-0.1, -0.05) is 6.08 Å². The molecule has 1 heterocycles. The summed E-state index contributed by atoms with van der Waals surface area (Å²) in [4.78, 5) is 0. The molecule has 82 valence electrons. The van der Waals surface area contributed by atoms with Crippen molar-refractivity contribution in [1.82, 2.24) is 5.06 Å².